The highest BCUT2D eigenvalue weighted by molar-refractivity contribution is 5.92. The van der Waals surface area contributed by atoms with Crippen LogP contribution in [0.1, 0.15) is 17.2 Å². The summed E-state index contributed by atoms with van der Waals surface area (Å²) in [5.74, 6) is -0.0916. The van der Waals surface area contributed by atoms with Crippen LogP contribution in [0, 0.1) is 0 Å². The van der Waals surface area contributed by atoms with Gasteiger partial charge in [-0.05, 0) is 11.1 Å². The molecule has 0 atom stereocenters. The van der Waals surface area contributed by atoms with E-state index in [0.717, 1.165) is 11.1 Å². The number of rotatable bonds is 4. The monoisotopic (exact) mass is 319 g/mol. The predicted octanol–water partition coefficient (Wildman–Crippen LogP) is 3.38. The molecule has 3 rings (SSSR count). The summed E-state index contributed by atoms with van der Waals surface area (Å²) >= 11 is 0. The second-order valence-corrected chi connectivity index (χ2v) is 5.78. The number of hydrogen-bond acceptors (Lipinski definition) is 3. The molecule has 1 saturated heterocycles. The highest BCUT2D eigenvalue weighted by Crippen LogP contribution is 2.33. The normalized spacial score (nSPS) is 15.9. The van der Waals surface area contributed by atoms with Crippen LogP contribution in [0.5, 0.6) is 0 Å². The summed E-state index contributed by atoms with van der Waals surface area (Å²) in [5, 5.41) is 3.86. The smallest absolute Gasteiger partial charge is 0.272 e. The van der Waals surface area contributed by atoms with Crippen LogP contribution in [0.3, 0.4) is 0 Å². The molecule has 2 aromatic rings. The molecule has 0 radical (unpaired) electrons. The van der Waals surface area contributed by atoms with Crippen molar-refractivity contribution in [3.63, 3.8) is 0 Å². The van der Waals surface area contributed by atoms with Gasteiger partial charge in [-0.25, -0.2) is 0 Å². The highest BCUT2D eigenvalue weighted by atomic mass is 16.2. The van der Waals surface area contributed by atoms with E-state index in [2.05, 4.69) is 42.4 Å². The van der Waals surface area contributed by atoms with Crippen molar-refractivity contribution in [1.82, 2.24) is 14.9 Å². The Morgan fingerprint density at radius 2 is 1.50 bits per heavy atom. The molecule has 1 aliphatic rings. The SMILES string of the molecule is C=CN1C(=C)C(=O)N(C)CN1C(c1ccccc1)c1ccccc1. The van der Waals surface area contributed by atoms with E-state index in [1.165, 1.54) is 0 Å². The van der Waals surface area contributed by atoms with Crippen LogP contribution in [-0.4, -0.2) is 34.5 Å². The molecule has 4 nitrogen and oxygen atoms in total. The van der Waals surface area contributed by atoms with Crippen molar-refractivity contribution < 1.29 is 4.79 Å². The summed E-state index contributed by atoms with van der Waals surface area (Å²) in [6.45, 7) is 8.26. The molecule has 0 N–H and O–H groups in total. The third-order valence-corrected chi connectivity index (χ3v) is 4.21. The average molecular weight is 319 g/mol. The molecule has 0 unspecified atom stereocenters. The van der Waals surface area contributed by atoms with Gasteiger partial charge in [0.2, 0.25) is 0 Å². The lowest BCUT2D eigenvalue weighted by Gasteiger charge is -2.46. The number of hydrazine groups is 1. The zero-order valence-electron chi connectivity index (χ0n) is 13.8. The van der Waals surface area contributed by atoms with Gasteiger partial charge >= 0.3 is 0 Å². The van der Waals surface area contributed by atoms with Crippen LogP contribution in [-0.2, 0) is 4.79 Å². The van der Waals surface area contributed by atoms with E-state index in [9.17, 15) is 4.79 Å². The molecule has 1 aliphatic heterocycles. The lowest BCUT2D eigenvalue weighted by Crippen LogP contribution is -2.55. The second kappa shape index (κ2) is 6.72. The van der Waals surface area contributed by atoms with E-state index in [-0.39, 0.29) is 11.9 Å². The van der Waals surface area contributed by atoms with Crippen molar-refractivity contribution in [2.24, 2.45) is 0 Å². The average Bonchev–Trinajstić information content (AvgIpc) is 2.62. The minimum atomic E-state index is -0.0916. The summed E-state index contributed by atoms with van der Waals surface area (Å²) in [5.41, 5.74) is 2.69. The van der Waals surface area contributed by atoms with Crippen molar-refractivity contribution in [2.75, 3.05) is 13.7 Å². The topological polar surface area (TPSA) is 26.8 Å². The molecule has 1 fully saturated rings. The van der Waals surface area contributed by atoms with Crippen molar-refractivity contribution in [3.05, 3.63) is 96.8 Å². The Balaban J connectivity index is 2.09. The Morgan fingerprint density at radius 1 is 1.00 bits per heavy atom. The molecule has 0 saturated carbocycles. The number of carbonyl (C=O) groups is 1. The number of benzene rings is 2. The zero-order chi connectivity index (χ0) is 17.1. The van der Waals surface area contributed by atoms with Gasteiger partial charge in [-0.2, -0.15) is 5.01 Å². The maximum atomic E-state index is 12.2. The van der Waals surface area contributed by atoms with Crippen molar-refractivity contribution >= 4 is 5.91 Å². The van der Waals surface area contributed by atoms with Crippen molar-refractivity contribution in [1.29, 1.82) is 0 Å². The van der Waals surface area contributed by atoms with Gasteiger partial charge in [-0.3, -0.25) is 9.80 Å². The third-order valence-electron chi connectivity index (χ3n) is 4.21. The first kappa shape index (κ1) is 16.0. The fourth-order valence-corrected chi connectivity index (χ4v) is 3.05. The van der Waals surface area contributed by atoms with Gasteiger partial charge in [0.05, 0.1) is 12.7 Å². The molecule has 4 heteroatoms. The number of hydrogen-bond donors (Lipinski definition) is 0. The Bertz CT molecular complexity index is 702. The largest absolute Gasteiger partial charge is 0.326 e. The number of nitrogens with zero attached hydrogens (tertiary/aromatic N) is 3. The lowest BCUT2D eigenvalue weighted by molar-refractivity contribution is -0.145. The van der Waals surface area contributed by atoms with Gasteiger partial charge in [-0.15, -0.1) is 0 Å². The van der Waals surface area contributed by atoms with Gasteiger partial charge < -0.3 is 4.90 Å². The van der Waals surface area contributed by atoms with E-state index >= 15 is 0 Å². The summed E-state index contributed by atoms with van der Waals surface area (Å²) in [6, 6.07) is 20.4. The first-order valence-corrected chi connectivity index (χ1v) is 7.86. The van der Waals surface area contributed by atoms with E-state index in [4.69, 9.17) is 0 Å². The minimum absolute atomic E-state index is 0.0438. The Morgan fingerprint density at radius 3 is 1.96 bits per heavy atom. The van der Waals surface area contributed by atoms with E-state index in [1.807, 2.05) is 36.4 Å². The third kappa shape index (κ3) is 2.84. The standard InChI is InChI=1S/C20H21N3O/c1-4-22-16(2)20(24)21(3)15-23(22)19(17-11-7-5-8-12-17)18-13-9-6-10-14-18/h4-14,19H,1-2,15H2,3H3. The Labute approximate surface area is 142 Å². The lowest BCUT2D eigenvalue weighted by atomic mass is 9.98. The van der Waals surface area contributed by atoms with Crippen LogP contribution in [0.25, 0.3) is 0 Å². The van der Waals surface area contributed by atoms with Gasteiger partial charge in [-0.1, -0.05) is 73.8 Å². The molecule has 0 aromatic heterocycles. The zero-order valence-corrected chi connectivity index (χ0v) is 13.8. The van der Waals surface area contributed by atoms with Gasteiger partial charge in [0, 0.05) is 13.2 Å². The fraction of sp³-hybridized carbons (Fsp3) is 0.150. The highest BCUT2D eigenvalue weighted by Gasteiger charge is 2.35. The number of carbonyl (C=O) groups excluding carboxylic acids is 1. The summed E-state index contributed by atoms with van der Waals surface area (Å²) in [6.07, 6.45) is 1.64. The molecule has 0 spiro atoms. The van der Waals surface area contributed by atoms with Gasteiger partial charge in [0.1, 0.15) is 5.70 Å². The maximum Gasteiger partial charge on any atom is 0.272 e. The van der Waals surface area contributed by atoms with Gasteiger partial charge in [0.15, 0.2) is 0 Å². The summed E-state index contributed by atoms with van der Waals surface area (Å²) < 4.78 is 0. The van der Waals surface area contributed by atoms with Crippen LogP contribution in [0.2, 0.25) is 0 Å². The molecule has 0 bridgehead atoms. The van der Waals surface area contributed by atoms with Crippen LogP contribution in [0.4, 0.5) is 0 Å². The molecule has 2 aromatic carbocycles. The van der Waals surface area contributed by atoms with E-state index in [0.29, 0.717) is 12.4 Å². The predicted molar refractivity (Wildman–Crippen MR) is 95.4 cm³/mol. The number of likely N-dealkylation sites (N-methyl/N-ethyl adjacent to an activating group) is 1. The Kier molecular flexibility index (Phi) is 4.49. The molecule has 0 aliphatic carbocycles. The van der Waals surface area contributed by atoms with Crippen molar-refractivity contribution in [3.8, 4) is 0 Å². The fourth-order valence-electron chi connectivity index (χ4n) is 3.05. The molecular weight excluding hydrogens is 298 g/mol. The van der Waals surface area contributed by atoms with E-state index in [1.54, 1.807) is 23.2 Å². The quantitative estimate of drug-likeness (QED) is 0.808. The number of amides is 1. The first-order chi connectivity index (χ1) is 11.6. The first-order valence-electron chi connectivity index (χ1n) is 7.86. The van der Waals surface area contributed by atoms with Crippen LogP contribution in [0.15, 0.2) is 85.7 Å². The second-order valence-electron chi connectivity index (χ2n) is 5.78. The molecule has 24 heavy (non-hydrogen) atoms. The molecule has 122 valence electrons. The summed E-state index contributed by atoms with van der Waals surface area (Å²) in [7, 11) is 1.79. The van der Waals surface area contributed by atoms with Crippen LogP contribution >= 0.6 is 0 Å². The minimum Gasteiger partial charge on any atom is -0.326 e. The molecular formula is C20H21N3O. The molecule has 1 heterocycles. The van der Waals surface area contributed by atoms with Crippen LogP contribution < -0.4 is 0 Å². The van der Waals surface area contributed by atoms with E-state index < -0.39 is 0 Å². The maximum absolute atomic E-state index is 12.2. The summed E-state index contributed by atoms with van der Waals surface area (Å²) in [4.78, 5) is 13.9. The Hall–Kier alpha value is -2.85. The van der Waals surface area contributed by atoms with Gasteiger partial charge in [0.25, 0.3) is 5.91 Å². The molecule has 1 amide bonds. The van der Waals surface area contributed by atoms with Crippen molar-refractivity contribution in [2.45, 2.75) is 6.04 Å².